The first-order valence-corrected chi connectivity index (χ1v) is 6.14. The van der Waals surface area contributed by atoms with Gasteiger partial charge in [-0.2, -0.15) is 0 Å². The highest BCUT2D eigenvalue weighted by Gasteiger charge is 2.15. The van der Waals surface area contributed by atoms with E-state index in [9.17, 15) is 4.39 Å². The van der Waals surface area contributed by atoms with Crippen molar-refractivity contribution in [3.8, 4) is 11.4 Å². The molecule has 2 N–H and O–H groups in total. The van der Waals surface area contributed by atoms with Crippen LogP contribution < -0.4 is 5.73 Å². The second-order valence-corrected chi connectivity index (χ2v) is 4.64. The second-order valence-electron chi connectivity index (χ2n) is 3.89. The highest BCUT2D eigenvalue weighted by atomic mass is 79.9. The van der Waals surface area contributed by atoms with Crippen LogP contribution in [0.4, 0.5) is 10.1 Å². The fraction of sp³-hybridized carbons (Fsp3) is 0. The van der Waals surface area contributed by atoms with Crippen LogP contribution in [0.5, 0.6) is 0 Å². The Bertz CT molecular complexity index is 736. The van der Waals surface area contributed by atoms with E-state index < -0.39 is 0 Å². The Morgan fingerprint density at radius 1 is 1.17 bits per heavy atom. The molecule has 1 aromatic carbocycles. The number of anilines is 1. The number of pyridine rings is 1. The molecule has 18 heavy (non-hydrogen) atoms. The monoisotopic (exact) mass is 305 g/mol. The van der Waals surface area contributed by atoms with Gasteiger partial charge < -0.3 is 5.73 Å². The Morgan fingerprint density at radius 3 is 2.72 bits per heavy atom. The predicted octanol–water partition coefficient (Wildman–Crippen LogP) is 3.49. The lowest BCUT2D eigenvalue weighted by molar-refractivity contribution is 0.630. The van der Waals surface area contributed by atoms with Gasteiger partial charge in [-0.1, -0.05) is 12.1 Å². The Morgan fingerprint density at radius 2 is 1.94 bits per heavy atom. The standard InChI is InChI=1S/C13H9BrFN3/c14-12-11-10(16)6-3-7-18(11)13(17-12)8-4-1-2-5-9(8)15/h1-7H,16H2. The molecule has 3 nitrogen and oxygen atoms in total. The van der Waals surface area contributed by atoms with Gasteiger partial charge in [-0.15, -0.1) is 0 Å². The largest absolute Gasteiger partial charge is 0.397 e. The summed E-state index contributed by atoms with van der Waals surface area (Å²) in [5.74, 6) is 0.224. The molecule has 90 valence electrons. The average molecular weight is 306 g/mol. The van der Waals surface area contributed by atoms with Crippen molar-refractivity contribution in [2.75, 3.05) is 5.73 Å². The zero-order chi connectivity index (χ0) is 12.7. The molecular weight excluding hydrogens is 297 g/mol. The van der Waals surface area contributed by atoms with Gasteiger partial charge in [-0.05, 0) is 40.2 Å². The van der Waals surface area contributed by atoms with E-state index in [-0.39, 0.29) is 5.82 Å². The molecule has 0 bridgehead atoms. The molecule has 0 radical (unpaired) electrons. The Kier molecular flexibility index (Phi) is 2.56. The zero-order valence-electron chi connectivity index (χ0n) is 9.27. The Labute approximate surface area is 111 Å². The molecule has 0 amide bonds. The van der Waals surface area contributed by atoms with Gasteiger partial charge in [-0.25, -0.2) is 9.37 Å². The Balaban J connectivity index is 2.38. The topological polar surface area (TPSA) is 43.3 Å². The summed E-state index contributed by atoms with van der Waals surface area (Å²) in [7, 11) is 0. The summed E-state index contributed by atoms with van der Waals surface area (Å²) < 4.78 is 16.2. The van der Waals surface area contributed by atoms with E-state index in [0.29, 0.717) is 21.7 Å². The summed E-state index contributed by atoms with van der Waals surface area (Å²) in [6.07, 6.45) is 1.81. The van der Waals surface area contributed by atoms with E-state index in [0.717, 1.165) is 5.52 Å². The maximum Gasteiger partial charge on any atom is 0.148 e. The molecular formula is C13H9BrFN3. The van der Waals surface area contributed by atoms with Crippen LogP contribution in [0.15, 0.2) is 47.2 Å². The van der Waals surface area contributed by atoms with Crippen molar-refractivity contribution in [2.24, 2.45) is 0 Å². The molecule has 0 atom stereocenters. The third-order valence-electron chi connectivity index (χ3n) is 2.77. The highest BCUT2D eigenvalue weighted by Crippen LogP contribution is 2.30. The summed E-state index contributed by atoms with van der Waals surface area (Å²) in [6.45, 7) is 0. The fourth-order valence-electron chi connectivity index (χ4n) is 1.95. The molecule has 0 aliphatic carbocycles. The van der Waals surface area contributed by atoms with Gasteiger partial charge in [0.15, 0.2) is 0 Å². The van der Waals surface area contributed by atoms with Crippen molar-refractivity contribution >= 4 is 27.1 Å². The number of nitrogens with two attached hydrogens (primary N) is 1. The molecule has 0 spiro atoms. The number of hydrogen-bond donors (Lipinski definition) is 1. The number of halogens is 2. The quantitative estimate of drug-likeness (QED) is 0.748. The third kappa shape index (κ3) is 1.59. The zero-order valence-corrected chi connectivity index (χ0v) is 10.9. The maximum absolute atomic E-state index is 13.8. The van der Waals surface area contributed by atoms with E-state index in [1.165, 1.54) is 6.07 Å². The first-order chi connectivity index (χ1) is 8.68. The molecule has 2 heterocycles. The first-order valence-electron chi connectivity index (χ1n) is 5.35. The number of benzene rings is 1. The van der Waals surface area contributed by atoms with Gasteiger partial charge >= 0.3 is 0 Å². The van der Waals surface area contributed by atoms with Crippen LogP contribution in [0.2, 0.25) is 0 Å². The van der Waals surface area contributed by atoms with Gasteiger partial charge in [0.1, 0.15) is 21.8 Å². The van der Waals surface area contributed by atoms with Crippen LogP contribution in [0.3, 0.4) is 0 Å². The van der Waals surface area contributed by atoms with Crippen LogP contribution in [0.25, 0.3) is 16.9 Å². The van der Waals surface area contributed by atoms with E-state index in [2.05, 4.69) is 20.9 Å². The van der Waals surface area contributed by atoms with E-state index in [1.807, 2.05) is 6.20 Å². The van der Waals surface area contributed by atoms with Crippen molar-refractivity contribution in [1.29, 1.82) is 0 Å². The maximum atomic E-state index is 13.8. The van der Waals surface area contributed by atoms with Crippen LogP contribution in [-0.2, 0) is 0 Å². The van der Waals surface area contributed by atoms with Gasteiger partial charge in [0, 0.05) is 6.20 Å². The van der Waals surface area contributed by atoms with Crippen LogP contribution in [-0.4, -0.2) is 9.38 Å². The molecule has 3 aromatic rings. The molecule has 0 aliphatic heterocycles. The molecule has 0 saturated heterocycles. The fourth-order valence-corrected chi connectivity index (χ4v) is 2.54. The molecule has 2 aromatic heterocycles. The van der Waals surface area contributed by atoms with Gasteiger partial charge in [0.05, 0.1) is 11.3 Å². The lowest BCUT2D eigenvalue weighted by Crippen LogP contribution is -1.94. The van der Waals surface area contributed by atoms with Crippen molar-refractivity contribution in [1.82, 2.24) is 9.38 Å². The van der Waals surface area contributed by atoms with Crippen LogP contribution in [0.1, 0.15) is 0 Å². The number of hydrogen-bond acceptors (Lipinski definition) is 2. The van der Waals surface area contributed by atoms with Crippen molar-refractivity contribution < 1.29 is 4.39 Å². The van der Waals surface area contributed by atoms with Crippen molar-refractivity contribution in [3.05, 3.63) is 53.0 Å². The predicted molar refractivity (Wildman–Crippen MR) is 72.7 cm³/mol. The van der Waals surface area contributed by atoms with Crippen molar-refractivity contribution in [2.45, 2.75) is 0 Å². The average Bonchev–Trinajstić information content (AvgIpc) is 2.69. The molecule has 5 heteroatoms. The smallest absolute Gasteiger partial charge is 0.148 e. The molecule has 0 aliphatic rings. The SMILES string of the molecule is Nc1cccn2c(-c3ccccc3F)nc(Br)c12. The van der Waals surface area contributed by atoms with E-state index in [1.54, 1.807) is 34.7 Å². The number of imidazole rings is 1. The second kappa shape index (κ2) is 4.10. The lowest BCUT2D eigenvalue weighted by atomic mass is 10.2. The highest BCUT2D eigenvalue weighted by molar-refractivity contribution is 9.10. The van der Waals surface area contributed by atoms with Gasteiger partial charge in [-0.3, -0.25) is 4.40 Å². The summed E-state index contributed by atoms with van der Waals surface area (Å²) in [5, 5.41) is 0. The third-order valence-corrected chi connectivity index (χ3v) is 3.32. The summed E-state index contributed by atoms with van der Waals surface area (Å²) in [6, 6.07) is 10.1. The summed E-state index contributed by atoms with van der Waals surface area (Å²) in [4.78, 5) is 4.34. The normalized spacial score (nSPS) is 11.0. The lowest BCUT2D eigenvalue weighted by Gasteiger charge is -2.03. The van der Waals surface area contributed by atoms with Gasteiger partial charge in [0.2, 0.25) is 0 Å². The first kappa shape index (κ1) is 11.2. The van der Waals surface area contributed by atoms with Crippen molar-refractivity contribution in [3.63, 3.8) is 0 Å². The molecule has 3 rings (SSSR count). The van der Waals surface area contributed by atoms with Crippen LogP contribution in [0, 0.1) is 5.82 Å². The minimum atomic E-state index is -0.306. The summed E-state index contributed by atoms with van der Waals surface area (Å²) in [5.41, 5.74) is 7.69. The van der Waals surface area contributed by atoms with E-state index in [4.69, 9.17) is 5.73 Å². The van der Waals surface area contributed by atoms with Crippen LogP contribution >= 0.6 is 15.9 Å². The van der Waals surface area contributed by atoms with E-state index >= 15 is 0 Å². The minimum absolute atomic E-state index is 0.306. The minimum Gasteiger partial charge on any atom is -0.397 e. The molecule has 0 unspecified atom stereocenters. The number of fused-ring (bicyclic) bond motifs is 1. The van der Waals surface area contributed by atoms with Gasteiger partial charge in [0.25, 0.3) is 0 Å². The Hall–Kier alpha value is -1.88. The molecule has 0 fully saturated rings. The number of nitrogen functional groups attached to an aromatic ring is 1. The molecule has 0 saturated carbocycles. The number of aromatic nitrogens is 2. The summed E-state index contributed by atoms with van der Waals surface area (Å²) >= 11 is 3.36. The number of nitrogens with zero attached hydrogens (tertiary/aromatic N) is 2. The number of rotatable bonds is 1.